The van der Waals surface area contributed by atoms with E-state index < -0.39 is 6.98 Å². The highest BCUT2D eigenvalue weighted by atomic mass is 16.3. The lowest BCUT2D eigenvalue weighted by Crippen LogP contribution is -2.53. The second-order valence-corrected chi connectivity index (χ2v) is 5.40. The Morgan fingerprint density at radius 3 is 3.14 bits per heavy atom. The summed E-state index contributed by atoms with van der Waals surface area (Å²) in [5.41, 5.74) is 1.37. The molecular formula is C15H17BN4O. The molecule has 0 bridgehead atoms. The summed E-state index contributed by atoms with van der Waals surface area (Å²) < 4.78 is 28.7. The van der Waals surface area contributed by atoms with Crippen molar-refractivity contribution < 1.29 is 8.53 Å². The topological polar surface area (TPSA) is 35.8 Å². The van der Waals surface area contributed by atoms with Gasteiger partial charge in [0, 0.05) is 46.5 Å². The SMILES string of the molecule is [2H]C([2H])([2H])N1C=CN(B2C=c3oc4ncccc4c3=CN2C)[C@H]1C. The number of fused-ring (bicyclic) bond motifs is 3. The van der Waals surface area contributed by atoms with Crippen molar-refractivity contribution in [2.24, 2.45) is 0 Å². The van der Waals surface area contributed by atoms with Crippen molar-refractivity contribution in [2.75, 3.05) is 14.0 Å². The zero-order chi connectivity index (χ0) is 17.1. The highest BCUT2D eigenvalue weighted by Crippen LogP contribution is 2.18. The second-order valence-electron chi connectivity index (χ2n) is 5.40. The molecule has 1 atom stereocenters. The van der Waals surface area contributed by atoms with Crippen LogP contribution in [0.1, 0.15) is 11.0 Å². The highest BCUT2D eigenvalue weighted by Gasteiger charge is 2.33. The molecule has 2 aromatic rings. The quantitative estimate of drug-likeness (QED) is 0.707. The summed E-state index contributed by atoms with van der Waals surface area (Å²) in [6.45, 7) is -0.406. The summed E-state index contributed by atoms with van der Waals surface area (Å²) in [6.07, 6.45) is 6.88. The first kappa shape index (κ1) is 9.55. The maximum absolute atomic E-state index is 7.63. The number of rotatable bonds is 1. The van der Waals surface area contributed by atoms with Gasteiger partial charge in [0.25, 0.3) is 0 Å². The molecule has 2 aliphatic rings. The first-order chi connectivity index (χ1) is 11.4. The average molecular weight is 283 g/mol. The Kier molecular flexibility index (Phi) is 1.96. The van der Waals surface area contributed by atoms with Gasteiger partial charge >= 0.3 is 6.98 Å². The Balaban J connectivity index is 1.75. The lowest BCUT2D eigenvalue weighted by Gasteiger charge is -2.35. The predicted molar refractivity (Wildman–Crippen MR) is 83.9 cm³/mol. The Hall–Kier alpha value is -2.37. The van der Waals surface area contributed by atoms with Gasteiger partial charge in [-0.3, -0.25) is 0 Å². The molecular weight excluding hydrogens is 263 g/mol. The average Bonchev–Trinajstić information content (AvgIpc) is 3.06. The molecule has 4 rings (SSSR count). The number of aromatic nitrogens is 1. The monoisotopic (exact) mass is 283 g/mol. The summed E-state index contributed by atoms with van der Waals surface area (Å²) in [4.78, 5) is 9.68. The lowest BCUT2D eigenvalue weighted by molar-refractivity contribution is 0.266. The maximum atomic E-state index is 7.63. The van der Waals surface area contributed by atoms with Crippen molar-refractivity contribution >= 4 is 30.3 Å². The van der Waals surface area contributed by atoms with E-state index in [1.165, 1.54) is 4.90 Å². The van der Waals surface area contributed by atoms with E-state index in [1.54, 1.807) is 12.4 Å². The van der Waals surface area contributed by atoms with E-state index in [0.29, 0.717) is 5.71 Å². The van der Waals surface area contributed by atoms with Gasteiger partial charge in [-0.2, -0.15) is 0 Å². The van der Waals surface area contributed by atoms with Crippen LogP contribution in [0.3, 0.4) is 0 Å². The summed E-state index contributed by atoms with van der Waals surface area (Å²) >= 11 is 0. The van der Waals surface area contributed by atoms with E-state index in [0.717, 1.165) is 16.0 Å². The number of hydrogen-bond acceptors (Lipinski definition) is 5. The summed E-state index contributed by atoms with van der Waals surface area (Å²) in [5.74, 6) is 2.00. The molecule has 2 aliphatic heterocycles. The molecule has 0 fully saturated rings. The van der Waals surface area contributed by atoms with Crippen molar-refractivity contribution in [1.29, 1.82) is 0 Å². The third-order valence-electron chi connectivity index (χ3n) is 4.12. The normalized spacial score (nSPS) is 23.5. The largest absolute Gasteiger partial charge is 0.439 e. The van der Waals surface area contributed by atoms with Crippen LogP contribution in [0.15, 0.2) is 35.1 Å². The number of pyridine rings is 1. The van der Waals surface area contributed by atoms with Crippen LogP contribution in [0.2, 0.25) is 0 Å². The van der Waals surface area contributed by atoms with Gasteiger partial charge in [-0.25, -0.2) is 4.98 Å². The molecule has 0 N–H and O–H groups in total. The van der Waals surface area contributed by atoms with Crippen LogP contribution < -0.4 is 10.6 Å². The number of hydrogen-bond donors (Lipinski definition) is 0. The third kappa shape index (κ3) is 1.75. The Morgan fingerprint density at radius 2 is 2.33 bits per heavy atom. The van der Waals surface area contributed by atoms with Gasteiger partial charge in [-0.15, -0.1) is 0 Å². The Morgan fingerprint density at radius 1 is 1.43 bits per heavy atom. The van der Waals surface area contributed by atoms with Crippen molar-refractivity contribution in [3.05, 3.63) is 41.4 Å². The minimum Gasteiger partial charge on any atom is -0.439 e. The maximum Gasteiger partial charge on any atom is 0.408 e. The van der Waals surface area contributed by atoms with Gasteiger partial charge in [0.05, 0.1) is 6.17 Å². The standard InChI is InChI=1S/C15H17BN4O/c1-11-18(2)7-8-20(11)16-9-14-13(10-19(16)3)12-5-4-6-17-15(12)21-14/h4-11H,1-3H3/t11-/m0/s1/i2D3. The minimum absolute atomic E-state index is 0.128. The molecule has 0 aliphatic carbocycles. The third-order valence-corrected chi connectivity index (χ3v) is 4.12. The van der Waals surface area contributed by atoms with Gasteiger partial charge in [0.1, 0.15) is 5.42 Å². The molecule has 6 heteroatoms. The molecule has 0 saturated heterocycles. The van der Waals surface area contributed by atoms with Gasteiger partial charge in [-0.1, -0.05) is 0 Å². The molecule has 0 aromatic carbocycles. The fourth-order valence-corrected chi connectivity index (χ4v) is 2.91. The summed E-state index contributed by atoms with van der Waals surface area (Å²) in [5, 5.41) is 1.98. The molecule has 5 nitrogen and oxygen atoms in total. The fraction of sp³-hybridized carbons (Fsp3) is 0.267. The first-order valence-corrected chi connectivity index (χ1v) is 6.89. The molecule has 2 aromatic heterocycles. The van der Waals surface area contributed by atoms with Gasteiger partial charge in [0.2, 0.25) is 5.71 Å². The first-order valence-electron chi connectivity index (χ1n) is 8.39. The van der Waals surface area contributed by atoms with Crippen LogP contribution in [-0.4, -0.2) is 46.7 Å². The fourth-order valence-electron chi connectivity index (χ4n) is 2.91. The van der Waals surface area contributed by atoms with Crippen LogP contribution in [0.25, 0.3) is 23.3 Å². The summed E-state index contributed by atoms with van der Waals surface area (Å²) in [6, 6.07) is 3.87. The molecule has 4 heterocycles. The zero-order valence-electron chi connectivity index (χ0n) is 14.9. The Labute approximate surface area is 127 Å². The second kappa shape index (κ2) is 4.31. The van der Waals surface area contributed by atoms with Crippen LogP contribution in [0, 0.1) is 0 Å². The van der Waals surface area contributed by atoms with Crippen molar-refractivity contribution in [3.8, 4) is 0 Å². The summed E-state index contributed by atoms with van der Waals surface area (Å²) in [7, 11) is 1.97. The molecule has 21 heavy (non-hydrogen) atoms. The van der Waals surface area contributed by atoms with Gasteiger partial charge < -0.3 is 18.9 Å². The highest BCUT2D eigenvalue weighted by molar-refractivity contribution is 6.69. The molecule has 0 spiro atoms. The molecule has 0 amide bonds. The number of nitrogens with zero attached hydrogens (tertiary/aromatic N) is 4. The van der Waals surface area contributed by atoms with Crippen molar-refractivity contribution in [3.63, 3.8) is 0 Å². The molecule has 106 valence electrons. The van der Waals surface area contributed by atoms with Crippen LogP contribution >= 0.6 is 0 Å². The van der Waals surface area contributed by atoms with E-state index in [-0.39, 0.29) is 13.1 Å². The Bertz CT molecular complexity index is 938. The smallest absolute Gasteiger partial charge is 0.408 e. The van der Waals surface area contributed by atoms with Crippen LogP contribution in [0.5, 0.6) is 0 Å². The van der Waals surface area contributed by atoms with Crippen molar-refractivity contribution in [1.82, 2.24) is 19.5 Å². The van der Waals surface area contributed by atoms with E-state index >= 15 is 0 Å². The van der Waals surface area contributed by atoms with E-state index in [1.807, 2.05) is 54.1 Å². The molecule has 0 saturated carbocycles. The zero-order valence-corrected chi connectivity index (χ0v) is 11.9. The van der Waals surface area contributed by atoms with E-state index in [4.69, 9.17) is 8.53 Å². The minimum atomic E-state index is -2.16. The predicted octanol–water partition coefficient (Wildman–Crippen LogP) is 0.384. The van der Waals surface area contributed by atoms with Gasteiger partial charge in [0.15, 0.2) is 0 Å². The number of furan rings is 1. The van der Waals surface area contributed by atoms with E-state index in [2.05, 4.69) is 4.98 Å². The van der Waals surface area contributed by atoms with E-state index in [9.17, 15) is 0 Å². The lowest BCUT2D eigenvalue weighted by atomic mass is 9.70. The van der Waals surface area contributed by atoms with Crippen molar-refractivity contribution in [2.45, 2.75) is 13.1 Å². The molecule has 0 radical (unpaired) electrons. The molecule has 0 unspecified atom stereocenters. The van der Waals surface area contributed by atoms with Crippen LogP contribution in [-0.2, 0) is 0 Å². The van der Waals surface area contributed by atoms with Crippen LogP contribution in [0.4, 0.5) is 0 Å². The van der Waals surface area contributed by atoms with Gasteiger partial charge in [-0.05, 0) is 32.1 Å².